The maximum Gasteiger partial charge on any atom is 0.226 e. The van der Waals surface area contributed by atoms with Gasteiger partial charge in [-0.3, -0.25) is 14.5 Å². The monoisotopic (exact) mass is 297 g/mol. The van der Waals surface area contributed by atoms with E-state index in [1.807, 2.05) is 30.3 Å². The van der Waals surface area contributed by atoms with Crippen LogP contribution in [0.25, 0.3) is 0 Å². The quantitative estimate of drug-likeness (QED) is 0.678. The second-order valence-electron chi connectivity index (χ2n) is 5.74. The number of rotatable bonds is 3. The number of hydrogen-bond acceptors (Lipinski definition) is 4. The van der Waals surface area contributed by atoms with Gasteiger partial charge >= 0.3 is 0 Å². The summed E-state index contributed by atoms with van der Waals surface area (Å²) in [5.74, 6) is -0.810. The van der Waals surface area contributed by atoms with Crippen molar-refractivity contribution >= 4 is 11.6 Å². The summed E-state index contributed by atoms with van der Waals surface area (Å²) >= 11 is 0. The number of aliphatic hydroxyl groups is 1. The summed E-state index contributed by atoms with van der Waals surface area (Å²) in [5, 5.41) is 9.23. The van der Waals surface area contributed by atoms with Gasteiger partial charge in [0.05, 0.1) is 6.61 Å². The number of likely N-dealkylation sites (tertiary alicyclic amines) is 1. The van der Waals surface area contributed by atoms with Gasteiger partial charge in [-0.15, -0.1) is 0 Å². The Bertz CT molecular complexity index is 646. The van der Waals surface area contributed by atoms with E-state index in [1.165, 1.54) is 12.2 Å². The second-order valence-corrected chi connectivity index (χ2v) is 5.74. The van der Waals surface area contributed by atoms with Crippen molar-refractivity contribution in [2.75, 3.05) is 26.2 Å². The number of allylic oxidation sites excluding steroid dienone is 2. The first-order chi connectivity index (χ1) is 10.7. The zero-order valence-electron chi connectivity index (χ0n) is 12.4. The van der Waals surface area contributed by atoms with E-state index in [-0.39, 0.29) is 12.5 Å². The van der Waals surface area contributed by atoms with Crippen LogP contribution < -0.4 is 0 Å². The van der Waals surface area contributed by atoms with Crippen molar-refractivity contribution in [2.24, 2.45) is 0 Å². The van der Waals surface area contributed by atoms with Gasteiger partial charge in [-0.25, -0.2) is 0 Å². The molecule has 1 aromatic carbocycles. The maximum absolute atomic E-state index is 11.8. The molecule has 1 aliphatic heterocycles. The molecular formula is C18H19NO3. The zero-order chi connectivity index (χ0) is 15.5. The lowest BCUT2D eigenvalue weighted by atomic mass is 9.82. The third-order valence-electron chi connectivity index (χ3n) is 4.34. The molecule has 0 aromatic heterocycles. The molecule has 0 bridgehead atoms. The fourth-order valence-corrected chi connectivity index (χ4v) is 3.20. The molecule has 114 valence electrons. The number of hydrogen-bond donors (Lipinski definition) is 1. The summed E-state index contributed by atoms with van der Waals surface area (Å²) < 4.78 is 0. The van der Waals surface area contributed by atoms with E-state index >= 15 is 0 Å². The lowest BCUT2D eigenvalue weighted by molar-refractivity contribution is -0.131. The third kappa shape index (κ3) is 2.93. The van der Waals surface area contributed by atoms with Crippen LogP contribution in [0, 0.1) is 0 Å². The minimum absolute atomic E-state index is 0.0542. The predicted octanol–water partition coefficient (Wildman–Crippen LogP) is 1.47. The van der Waals surface area contributed by atoms with Crippen LogP contribution in [-0.2, 0) is 9.59 Å². The van der Waals surface area contributed by atoms with Crippen LogP contribution >= 0.6 is 0 Å². The summed E-state index contributed by atoms with van der Waals surface area (Å²) in [5.41, 5.74) is 3.04. The molecule has 1 unspecified atom stereocenters. The van der Waals surface area contributed by atoms with Crippen molar-refractivity contribution in [2.45, 2.75) is 12.3 Å². The molecule has 1 N–H and O–H groups in total. The Labute approximate surface area is 129 Å². The van der Waals surface area contributed by atoms with E-state index in [0.29, 0.717) is 6.54 Å². The fraction of sp³-hybridized carbons (Fsp3) is 0.333. The molecule has 1 aliphatic carbocycles. The zero-order valence-corrected chi connectivity index (χ0v) is 12.4. The average molecular weight is 297 g/mol. The van der Waals surface area contributed by atoms with Gasteiger partial charge in [0, 0.05) is 25.6 Å². The third-order valence-corrected chi connectivity index (χ3v) is 4.34. The van der Waals surface area contributed by atoms with E-state index < -0.39 is 11.6 Å². The predicted molar refractivity (Wildman–Crippen MR) is 83.5 cm³/mol. The minimum atomic E-state index is -0.435. The first kappa shape index (κ1) is 14.9. The molecule has 2 aliphatic rings. The molecule has 0 spiro atoms. The van der Waals surface area contributed by atoms with Gasteiger partial charge in [0.1, 0.15) is 0 Å². The molecule has 3 rings (SSSR count). The Morgan fingerprint density at radius 2 is 1.82 bits per heavy atom. The van der Waals surface area contributed by atoms with Gasteiger partial charge in [0.2, 0.25) is 11.6 Å². The summed E-state index contributed by atoms with van der Waals surface area (Å²) in [6.45, 7) is 2.24. The Hall–Kier alpha value is -2.04. The van der Waals surface area contributed by atoms with E-state index in [0.717, 1.165) is 36.2 Å². The van der Waals surface area contributed by atoms with Crippen LogP contribution in [0.4, 0.5) is 0 Å². The highest BCUT2D eigenvalue weighted by Gasteiger charge is 2.30. The van der Waals surface area contributed by atoms with Crippen molar-refractivity contribution in [1.82, 2.24) is 4.90 Å². The van der Waals surface area contributed by atoms with Gasteiger partial charge in [0.15, 0.2) is 0 Å². The number of β-amino-alcohol motifs (C(OH)–C–C–N with tert-alkyl or cyclic N) is 1. The molecule has 0 radical (unpaired) electrons. The maximum atomic E-state index is 11.8. The van der Waals surface area contributed by atoms with E-state index in [9.17, 15) is 14.7 Å². The van der Waals surface area contributed by atoms with Gasteiger partial charge in [-0.1, -0.05) is 30.3 Å². The smallest absolute Gasteiger partial charge is 0.226 e. The lowest BCUT2D eigenvalue weighted by Crippen LogP contribution is -2.30. The number of ketones is 2. The molecule has 1 heterocycles. The van der Waals surface area contributed by atoms with E-state index in [1.54, 1.807) is 0 Å². The Balaban J connectivity index is 2.02. The second kappa shape index (κ2) is 6.38. The van der Waals surface area contributed by atoms with Crippen LogP contribution in [0.15, 0.2) is 53.6 Å². The standard InChI is InChI=1S/C18H19NO3/c20-9-8-19-7-6-14-10-17(21)18(22)11-15(14)16(12-19)13-4-2-1-3-5-13/h1-5,10-11,16,20H,6-9,12H2. The molecule has 4 heteroatoms. The largest absolute Gasteiger partial charge is 0.395 e. The average Bonchev–Trinajstić information content (AvgIpc) is 2.70. The molecular weight excluding hydrogens is 278 g/mol. The molecule has 0 amide bonds. The highest BCUT2D eigenvalue weighted by molar-refractivity contribution is 6.46. The summed E-state index contributed by atoms with van der Waals surface area (Å²) in [6, 6.07) is 10.0. The Kier molecular flexibility index (Phi) is 4.32. The van der Waals surface area contributed by atoms with Crippen LogP contribution in [0.3, 0.4) is 0 Å². The highest BCUT2D eigenvalue weighted by Crippen LogP contribution is 2.36. The molecule has 22 heavy (non-hydrogen) atoms. The van der Waals surface area contributed by atoms with Crippen molar-refractivity contribution in [3.05, 3.63) is 59.2 Å². The lowest BCUT2D eigenvalue weighted by Gasteiger charge is -2.25. The molecule has 4 nitrogen and oxygen atoms in total. The van der Waals surface area contributed by atoms with E-state index in [2.05, 4.69) is 4.90 Å². The first-order valence-corrected chi connectivity index (χ1v) is 7.58. The Morgan fingerprint density at radius 3 is 2.55 bits per heavy atom. The summed E-state index contributed by atoms with van der Waals surface area (Å²) in [7, 11) is 0. The van der Waals surface area contributed by atoms with Crippen molar-refractivity contribution in [3.63, 3.8) is 0 Å². The fourth-order valence-electron chi connectivity index (χ4n) is 3.20. The topological polar surface area (TPSA) is 57.6 Å². The molecule has 1 aromatic rings. The van der Waals surface area contributed by atoms with Gasteiger partial charge in [-0.2, -0.15) is 0 Å². The number of carbonyl (C=O) groups excluding carboxylic acids is 2. The highest BCUT2D eigenvalue weighted by atomic mass is 16.3. The molecule has 1 saturated heterocycles. The van der Waals surface area contributed by atoms with E-state index in [4.69, 9.17) is 0 Å². The number of fused-ring (bicyclic) bond motifs is 1. The van der Waals surface area contributed by atoms with Gasteiger partial charge in [-0.05, 0) is 35.3 Å². The minimum Gasteiger partial charge on any atom is -0.395 e. The summed E-state index contributed by atoms with van der Waals surface area (Å²) in [4.78, 5) is 25.7. The van der Waals surface area contributed by atoms with Crippen molar-refractivity contribution in [1.29, 1.82) is 0 Å². The number of aliphatic hydroxyl groups excluding tert-OH is 1. The van der Waals surface area contributed by atoms with Crippen molar-refractivity contribution < 1.29 is 14.7 Å². The molecule has 1 atom stereocenters. The van der Waals surface area contributed by atoms with Crippen molar-refractivity contribution in [3.8, 4) is 0 Å². The first-order valence-electron chi connectivity index (χ1n) is 7.58. The Morgan fingerprint density at radius 1 is 1.09 bits per heavy atom. The van der Waals surface area contributed by atoms with Crippen LogP contribution in [0.5, 0.6) is 0 Å². The molecule has 1 fully saturated rings. The molecule has 0 saturated carbocycles. The van der Waals surface area contributed by atoms with Crippen LogP contribution in [0.2, 0.25) is 0 Å². The summed E-state index contributed by atoms with van der Waals surface area (Å²) in [6.07, 6.45) is 3.74. The number of carbonyl (C=O) groups is 2. The van der Waals surface area contributed by atoms with Crippen LogP contribution in [-0.4, -0.2) is 47.8 Å². The van der Waals surface area contributed by atoms with Crippen LogP contribution in [0.1, 0.15) is 17.9 Å². The SMILES string of the molecule is O=C1C=C2CCN(CCO)CC(c3ccccc3)C2=CC1=O. The number of benzene rings is 1. The normalized spacial score (nSPS) is 22.7. The van der Waals surface area contributed by atoms with Gasteiger partial charge in [0.25, 0.3) is 0 Å². The number of nitrogens with zero attached hydrogens (tertiary/aromatic N) is 1. The van der Waals surface area contributed by atoms with Gasteiger partial charge < -0.3 is 5.11 Å².